The van der Waals surface area contributed by atoms with Crippen molar-refractivity contribution in [1.29, 1.82) is 0 Å². The van der Waals surface area contributed by atoms with Gasteiger partial charge in [0.2, 0.25) is 5.88 Å². The minimum atomic E-state index is -4.67. The lowest BCUT2D eigenvalue weighted by Gasteiger charge is -2.12. The summed E-state index contributed by atoms with van der Waals surface area (Å²) in [6.45, 7) is 0. The Bertz CT molecular complexity index is 967. The Balaban J connectivity index is 1.88. The van der Waals surface area contributed by atoms with Crippen LogP contribution < -0.4 is 9.47 Å². The average molecular weight is 410 g/mol. The summed E-state index contributed by atoms with van der Waals surface area (Å²) in [5.41, 5.74) is -0.535. The zero-order valence-electron chi connectivity index (χ0n) is 14.5. The minimum Gasteiger partial charge on any atom is -0.493 e. The van der Waals surface area contributed by atoms with Crippen molar-refractivity contribution in [2.45, 2.75) is 17.1 Å². The molecule has 4 nitrogen and oxygen atoms in total. The Kier molecular flexibility index (Phi) is 6.03. The van der Waals surface area contributed by atoms with Crippen molar-refractivity contribution in [3.63, 3.8) is 0 Å². The van der Waals surface area contributed by atoms with Crippen LogP contribution in [0.25, 0.3) is 0 Å². The van der Waals surface area contributed by atoms with Crippen LogP contribution in [0, 0.1) is 5.82 Å². The fourth-order valence-corrected chi connectivity index (χ4v) is 3.05. The number of ether oxygens (including phenoxy) is 2. The van der Waals surface area contributed by atoms with Crippen molar-refractivity contribution < 1.29 is 27.0 Å². The lowest BCUT2D eigenvalue weighted by Crippen LogP contribution is -2.10. The molecule has 0 amide bonds. The predicted octanol–water partition coefficient (Wildman–Crippen LogP) is 5.73. The van der Waals surface area contributed by atoms with E-state index < -0.39 is 17.7 Å². The normalized spacial score (nSPS) is 11.3. The van der Waals surface area contributed by atoms with Crippen molar-refractivity contribution in [2.24, 2.45) is 0 Å². The number of benzene rings is 2. The van der Waals surface area contributed by atoms with Gasteiger partial charge >= 0.3 is 6.18 Å². The molecule has 0 unspecified atom stereocenters. The van der Waals surface area contributed by atoms with Gasteiger partial charge in [0.05, 0.1) is 7.11 Å². The maximum atomic E-state index is 13.3. The second kappa shape index (κ2) is 8.47. The van der Waals surface area contributed by atoms with Gasteiger partial charge in [-0.15, -0.1) is 0 Å². The number of halogens is 4. The quantitative estimate of drug-likeness (QED) is 0.295. The van der Waals surface area contributed by atoms with Crippen LogP contribution in [0.4, 0.5) is 17.6 Å². The van der Waals surface area contributed by atoms with E-state index in [0.29, 0.717) is 11.3 Å². The number of methoxy groups -OCH3 is 1. The maximum Gasteiger partial charge on any atom is 0.433 e. The van der Waals surface area contributed by atoms with Gasteiger partial charge in [0.1, 0.15) is 5.82 Å². The Morgan fingerprint density at radius 1 is 0.964 bits per heavy atom. The number of alkyl halides is 3. The molecule has 0 fully saturated rings. The lowest BCUT2D eigenvalue weighted by molar-refractivity contribution is -0.141. The summed E-state index contributed by atoms with van der Waals surface area (Å²) in [6.07, 6.45) is -4.67. The van der Waals surface area contributed by atoms with Crippen molar-refractivity contribution in [3.8, 4) is 17.4 Å². The maximum absolute atomic E-state index is 13.3. The molecule has 3 rings (SSSR count). The van der Waals surface area contributed by atoms with Gasteiger partial charge in [-0.05, 0) is 29.8 Å². The van der Waals surface area contributed by atoms with Crippen LogP contribution in [-0.4, -0.2) is 17.1 Å². The first-order valence-electron chi connectivity index (χ1n) is 7.99. The molecule has 0 N–H and O–H groups in total. The molecule has 1 heterocycles. The molecule has 3 aromatic rings. The van der Waals surface area contributed by atoms with Gasteiger partial charge in [-0.2, -0.15) is 18.2 Å². The SMILES string of the molecule is COc1ccccc1Oc1cc(C(F)(F)F)nc(SCc2cccc(F)c2)n1. The zero-order valence-corrected chi connectivity index (χ0v) is 15.4. The summed E-state index contributed by atoms with van der Waals surface area (Å²) in [5, 5.41) is -0.135. The Hall–Kier alpha value is -2.81. The van der Waals surface area contributed by atoms with Crippen LogP contribution in [0.3, 0.4) is 0 Å². The smallest absolute Gasteiger partial charge is 0.433 e. The van der Waals surface area contributed by atoms with E-state index in [4.69, 9.17) is 9.47 Å². The highest BCUT2D eigenvalue weighted by atomic mass is 32.2. The van der Waals surface area contributed by atoms with E-state index in [1.165, 1.54) is 25.3 Å². The van der Waals surface area contributed by atoms with Crippen LogP contribution >= 0.6 is 11.8 Å². The largest absolute Gasteiger partial charge is 0.493 e. The molecule has 0 aliphatic rings. The van der Waals surface area contributed by atoms with Crippen LogP contribution in [0.2, 0.25) is 0 Å². The summed E-state index contributed by atoms with van der Waals surface area (Å²) in [7, 11) is 1.42. The molecule has 0 aliphatic carbocycles. The topological polar surface area (TPSA) is 44.2 Å². The molecule has 9 heteroatoms. The summed E-state index contributed by atoms with van der Waals surface area (Å²) < 4.78 is 63.6. The van der Waals surface area contributed by atoms with Crippen LogP contribution in [0.1, 0.15) is 11.3 Å². The summed E-state index contributed by atoms with van der Waals surface area (Å²) in [4.78, 5) is 7.58. The first-order valence-corrected chi connectivity index (χ1v) is 8.98. The number of para-hydroxylation sites is 2. The lowest BCUT2D eigenvalue weighted by atomic mass is 10.2. The van der Waals surface area contributed by atoms with Gasteiger partial charge in [0.15, 0.2) is 22.3 Å². The molecule has 0 bridgehead atoms. The number of nitrogens with zero attached hydrogens (tertiary/aromatic N) is 2. The number of hydrogen-bond acceptors (Lipinski definition) is 5. The molecule has 0 saturated carbocycles. The van der Waals surface area contributed by atoms with E-state index in [0.717, 1.165) is 17.8 Å². The van der Waals surface area contributed by atoms with Crippen molar-refractivity contribution in [1.82, 2.24) is 9.97 Å². The van der Waals surface area contributed by atoms with E-state index in [1.54, 1.807) is 30.3 Å². The second-order valence-corrected chi connectivity index (χ2v) is 6.49. The highest BCUT2D eigenvalue weighted by Crippen LogP contribution is 2.35. The molecule has 1 aromatic heterocycles. The fraction of sp³-hybridized carbons (Fsp3) is 0.158. The van der Waals surface area contributed by atoms with E-state index in [2.05, 4.69) is 9.97 Å². The standard InChI is InChI=1S/C19H14F4N2O2S/c1-26-14-7-2-3-8-15(14)27-17-10-16(19(21,22)23)24-18(25-17)28-11-12-5-4-6-13(20)9-12/h2-10H,11H2,1H3. The molecular weight excluding hydrogens is 396 g/mol. The van der Waals surface area contributed by atoms with E-state index in [1.807, 2.05) is 0 Å². The van der Waals surface area contributed by atoms with Gasteiger partial charge in [-0.3, -0.25) is 0 Å². The third-order valence-corrected chi connectivity index (χ3v) is 4.43. The van der Waals surface area contributed by atoms with Gasteiger partial charge in [0.25, 0.3) is 0 Å². The number of aromatic nitrogens is 2. The average Bonchev–Trinajstić information content (AvgIpc) is 2.66. The molecule has 146 valence electrons. The monoisotopic (exact) mass is 410 g/mol. The van der Waals surface area contributed by atoms with E-state index in [9.17, 15) is 17.6 Å². The molecule has 0 atom stereocenters. The number of rotatable bonds is 6. The van der Waals surface area contributed by atoms with Gasteiger partial charge < -0.3 is 9.47 Å². The molecule has 28 heavy (non-hydrogen) atoms. The van der Waals surface area contributed by atoms with Crippen LogP contribution in [0.5, 0.6) is 17.4 Å². The second-order valence-electron chi connectivity index (χ2n) is 5.54. The summed E-state index contributed by atoms with van der Waals surface area (Å²) in [6, 6.07) is 13.0. The highest BCUT2D eigenvalue weighted by molar-refractivity contribution is 7.98. The fourth-order valence-electron chi connectivity index (χ4n) is 2.26. The summed E-state index contributed by atoms with van der Waals surface area (Å²) in [5.74, 6) is 0.0750. The predicted molar refractivity (Wildman–Crippen MR) is 96.1 cm³/mol. The minimum absolute atomic E-state index is 0.135. The van der Waals surface area contributed by atoms with Crippen molar-refractivity contribution in [2.75, 3.05) is 7.11 Å². The molecular formula is C19H14F4N2O2S. The van der Waals surface area contributed by atoms with E-state index >= 15 is 0 Å². The summed E-state index contributed by atoms with van der Waals surface area (Å²) >= 11 is 0.947. The first-order chi connectivity index (χ1) is 13.3. The van der Waals surface area contributed by atoms with Gasteiger partial charge in [0, 0.05) is 11.8 Å². The Morgan fingerprint density at radius 3 is 2.39 bits per heavy atom. The first kappa shape index (κ1) is 19.9. The van der Waals surface area contributed by atoms with Crippen LogP contribution in [-0.2, 0) is 11.9 Å². The van der Waals surface area contributed by atoms with Crippen molar-refractivity contribution >= 4 is 11.8 Å². The van der Waals surface area contributed by atoms with Gasteiger partial charge in [-0.25, -0.2) is 9.37 Å². The van der Waals surface area contributed by atoms with E-state index in [-0.39, 0.29) is 22.5 Å². The highest BCUT2D eigenvalue weighted by Gasteiger charge is 2.34. The molecule has 0 saturated heterocycles. The number of hydrogen-bond donors (Lipinski definition) is 0. The molecule has 2 aromatic carbocycles. The number of thioether (sulfide) groups is 1. The van der Waals surface area contributed by atoms with Gasteiger partial charge in [-0.1, -0.05) is 36.0 Å². The third kappa shape index (κ3) is 5.13. The zero-order chi connectivity index (χ0) is 20.1. The Morgan fingerprint density at radius 2 is 1.71 bits per heavy atom. The third-order valence-electron chi connectivity index (χ3n) is 3.51. The molecule has 0 spiro atoms. The molecule has 0 radical (unpaired) electrons. The Labute approximate surface area is 162 Å². The molecule has 0 aliphatic heterocycles. The van der Waals surface area contributed by atoms with Crippen LogP contribution in [0.15, 0.2) is 59.8 Å². The van der Waals surface area contributed by atoms with Crippen molar-refractivity contribution in [3.05, 3.63) is 71.7 Å².